The minimum absolute atomic E-state index is 0.0295. The number of hydrogen-bond donors (Lipinski definition) is 1. The van der Waals surface area contributed by atoms with Gasteiger partial charge < -0.3 is 10.2 Å². The van der Waals surface area contributed by atoms with Gasteiger partial charge in [0.1, 0.15) is 0 Å². The number of nitrogens with one attached hydrogen (secondary N) is 1. The Bertz CT molecular complexity index is 527. The van der Waals surface area contributed by atoms with E-state index in [0.717, 1.165) is 50.4 Å². The van der Waals surface area contributed by atoms with E-state index in [9.17, 15) is 14.9 Å². The number of piperidine rings is 1. The van der Waals surface area contributed by atoms with Crippen LogP contribution in [0.3, 0.4) is 0 Å². The van der Waals surface area contributed by atoms with Crippen LogP contribution < -0.4 is 5.32 Å². The monoisotopic (exact) mass is 295 g/mol. The third-order valence-electron chi connectivity index (χ3n) is 4.43. The van der Waals surface area contributed by atoms with Crippen LogP contribution in [0.4, 0.5) is 5.00 Å². The van der Waals surface area contributed by atoms with E-state index < -0.39 is 4.92 Å². The van der Waals surface area contributed by atoms with Crippen LogP contribution in [-0.2, 0) is 0 Å². The molecule has 1 spiro atoms. The van der Waals surface area contributed by atoms with E-state index in [1.807, 2.05) is 4.90 Å². The third-order valence-corrected chi connectivity index (χ3v) is 5.45. The van der Waals surface area contributed by atoms with E-state index in [1.165, 1.54) is 12.5 Å². The Morgan fingerprint density at radius 2 is 2.10 bits per heavy atom. The zero-order valence-corrected chi connectivity index (χ0v) is 11.9. The fourth-order valence-corrected chi connectivity index (χ4v) is 3.89. The second kappa shape index (κ2) is 5.14. The number of nitro groups is 1. The molecule has 0 bridgehead atoms. The van der Waals surface area contributed by atoms with Crippen LogP contribution in [0, 0.1) is 15.5 Å². The van der Waals surface area contributed by atoms with E-state index in [-0.39, 0.29) is 10.9 Å². The quantitative estimate of drug-likeness (QED) is 0.667. The molecule has 6 nitrogen and oxygen atoms in total. The van der Waals surface area contributed by atoms with E-state index in [0.29, 0.717) is 10.3 Å². The number of amides is 1. The third kappa shape index (κ3) is 2.43. The molecule has 1 aromatic heterocycles. The highest BCUT2D eigenvalue weighted by atomic mass is 32.1. The van der Waals surface area contributed by atoms with Crippen LogP contribution in [0.5, 0.6) is 0 Å². The summed E-state index contributed by atoms with van der Waals surface area (Å²) in [5, 5.41) is 14.1. The topological polar surface area (TPSA) is 75.5 Å². The maximum Gasteiger partial charge on any atom is 0.324 e. The van der Waals surface area contributed by atoms with Gasteiger partial charge in [-0.05, 0) is 37.3 Å². The van der Waals surface area contributed by atoms with E-state index in [1.54, 1.807) is 6.07 Å². The highest BCUT2D eigenvalue weighted by Crippen LogP contribution is 2.37. The van der Waals surface area contributed by atoms with Gasteiger partial charge in [-0.25, -0.2) is 0 Å². The summed E-state index contributed by atoms with van der Waals surface area (Å²) in [7, 11) is 0. The molecular formula is C13H17N3O3S. The number of hydrogen-bond acceptors (Lipinski definition) is 5. The lowest BCUT2D eigenvalue weighted by Gasteiger charge is -2.38. The molecule has 0 unspecified atom stereocenters. The number of rotatable bonds is 2. The Balaban J connectivity index is 1.65. The van der Waals surface area contributed by atoms with Gasteiger partial charge >= 0.3 is 5.00 Å². The molecule has 3 rings (SSSR count). The Morgan fingerprint density at radius 3 is 2.65 bits per heavy atom. The molecule has 108 valence electrons. The Labute approximate surface area is 120 Å². The summed E-state index contributed by atoms with van der Waals surface area (Å²) in [5.41, 5.74) is 0.373. The minimum Gasteiger partial charge on any atom is -0.338 e. The van der Waals surface area contributed by atoms with Gasteiger partial charge in [-0.1, -0.05) is 11.3 Å². The summed E-state index contributed by atoms with van der Waals surface area (Å²) in [4.78, 5) is 24.9. The largest absolute Gasteiger partial charge is 0.338 e. The minimum atomic E-state index is -0.448. The summed E-state index contributed by atoms with van der Waals surface area (Å²) < 4.78 is 0. The molecule has 3 heterocycles. The fraction of sp³-hybridized carbons (Fsp3) is 0.615. The molecule has 0 aromatic carbocycles. The van der Waals surface area contributed by atoms with Gasteiger partial charge in [0.15, 0.2) is 0 Å². The smallest absolute Gasteiger partial charge is 0.324 e. The first kappa shape index (κ1) is 13.5. The second-order valence-corrected chi connectivity index (χ2v) is 6.68. The van der Waals surface area contributed by atoms with Crippen LogP contribution in [0.1, 0.15) is 28.9 Å². The molecule has 2 aliphatic heterocycles. The summed E-state index contributed by atoms with van der Waals surface area (Å²) in [6.45, 7) is 3.64. The molecule has 0 aliphatic carbocycles. The number of carbonyl (C=O) groups excluding carboxylic acids is 1. The van der Waals surface area contributed by atoms with E-state index in [2.05, 4.69) is 5.32 Å². The predicted octanol–water partition coefficient (Wildman–Crippen LogP) is 1.87. The van der Waals surface area contributed by atoms with Gasteiger partial charge in [0.25, 0.3) is 5.91 Å². The number of thiophene rings is 1. The van der Waals surface area contributed by atoms with Crippen molar-refractivity contribution in [2.24, 2.45) is 5.41 Å². The van der Waals surface area contributed by atoms with Crippen molar-refractivity contribution in [1.29, 1.82) is 0 Å². The average molecular weight is 295 g/mol. The van der Waals surface area contributed by atoms with Crippen molar-refractivity contribution in [2.75, 3.05) is 26.2 Å². The number of likely N-dealkylation sites (tertiary alicyclic amines) is 1. The van der Waals surface area contributed by atoms with Crippen molar-refractivity contribution in [3.05, 3.63) is 27.1 Å². The first-order valence-corrected chi connectivity index (χ1v) is 7.66. The molecule has 0 radical (unpaired) electrons. The first-order chi connectivity index (χ1) is 9.60. The number of nitrogens with zero attached hydrogens (tertiary/aromatic N) is 2. The van der Waals surface area contributed by atoms with Crippen molar-refractivity contribution in [2.45, 2.75) is 19.3 Å². The molecule has 7 heteroatoms. The van der Waals surface area contributed by atoms with E-state index in [4.69, 9.17) is 0 Å². The standard InChI is InChI=1S/C13H17N3O3S/c17-12(10-1-2-11(20-10)16(18)19)15-7-4-13(5-8-15)3-6-14-9-13/h1-2,14H,3-9H2. The summed E-state index contributed by atoms with van der Waals surface area (Å²) in [5.74, 6) is -0.0658. The average Bonchev–Trinajstić information content (AvgIpc) is 3.08. The highest BCUT2D eigenvalue weighted by Gasteiger charge is 2.38. The Hall–Kier alpha value is -1.47. The highest BCUT2D eigenvalue weighted by molar-refractivity contribution is 7.17. The van der Waals surface area contributed by atoms with Crippen molar-refractivity contribution < 1.29 is 9.72 Å². The lowest BCUT2D eigenvalue weighted by molar-refractivity contribution is -0.380. The van der Waals surface area contributed by atoms with Gasteiger partial charge in [0.05, 0.1) is 9.80 Å². The van der Waals surface area contributed by atoms with Crippen LogP contribution in [0.15, 0.2) is 12.1 Å². The lowest BCUT2D eigenvalue weighted by atomic mass is 9.78. The predicted molar refractivity (Wildman–Crippen MR) is 76.0 cm³/mol. The molecule has 0 atom stereocenters. The molecule has 1 aromatic rings. The second-order valence-electron chi connectivity index (χ2n) is 5.61. The molecule has 20 heavy (non-hydrogen) atoms. The van der Waals surface area contributed by atoms with Crippen molar-refractivity contribution in [3.8, 4) is 0 Å². The SMILES string of the molecule is O=C(c1ccc([N+](=O)[O-])s1)N1CCC2(CCNC2)CC1. The maximum absolute atomic E-state index is 12.3. The maximum atomic E-state index is 12.3. The number of carbonyl (C=O) groups is 1. The van der Waals surface area contributed by atoms with Crippen LogP contribution in [0.2, 0.25) is 0 Å². The summed E-state index contributed by atoms with van der Waals surface area (Å²) in [6.07, 6.45) is 3.25. The first-order valence-electron chi connectivity index (χ1n) is 6.84. The molecule has 2 aliphatic rings. The van der Waals surface area contributed by atoms with Crippen LogP contribution in [-0.4, -0.2) is 41.9 Å². The molecule has 1 amide bonds. The lowest BCUT2D eigenvalue weighted by Crippen LogP contribution is -2.43. The zero-order valence-electron chi connectivity index (χ0n) is 11.1. The summed E-state index contributed by atoms with van der Waals surface area (Å²) in [6, 6.07) is 2.97. The van der Waals surface area contributed by atoms with Crippen LogP contribution >= 0.6 is 11.3 Å². The normalized spacial score (nSPS) is 21.3. The fourth-order valence-electron chi connectivity index (χ4n) is 3.10. The Kier molecular flexibility index (Phi) is 3.47. The summed E-state index contributed by atoms with van der Waals surface area (Å²) >= 11 is 0.964. The van der Waals surface area contributed by atoms with Gasteiger partial charge in [0, 0.05) is 25.7 Å². The Morgan fingerprint density at radius 1 is 1.35 bits per heavy atom. The van der Waals surface area contributed by atoms with Gasteiger partial charge in [-0.15, -0.1) is 0 Å². The molecule has 2 saturated heterocycles. The molecule has 2 fully saturated rings. The van der Waals surface area contributed by atoms with Crippen molar-refractivity contribution in [3.63, 3.8) is 0 Å². The molecule has 1 N–H and O–H groups in total. The van der Waals surface area contributed by atoms with Crippen molar-refractivity contribution in [1.82, 2.24) is 10.2 Å². The molecule has 0 saturated carbocycles. The molecular weight excluding hydrogens is 278 g/mol. The van der Waals surface area contributed by atoms with Crippen LogP contribution in [0.25, 0.3) is 0 Å². The van der Waals surface area contributed by atoms with E-state index >= 15 is 0 Å². The van der Waals surface area contributed by atoms with Gasteiger partial charge in [0.2, 0.25) is 0 Å². The zero-order chi connectivity index (χ0) is 14.2. The van der Waals surface area contributed by atoms with Crippen molar-refractivity contribution >= 4 is 22.2 Å². The van der Waals surface area contributed by atoms with Gasteiger partial charge in [-0.3, -0.25) is 14.9 Å². The van der Waals surface area contributed by atoms with Gasteiger partial charge in [-0.2, -0.15) is 0 Å².